The summed E-state index contributed by atoms with van der Waals surface area (Å²) in [5.41, 5.74) is 0.336. The number of hydrogen-bond donors (Lipinski definition) is 1. The SMILES string of the molecule is COC(=O)NCC1(CC(C)C)CCCC1. The van der Waals surface area contributed by atoms with Gasteiger partial charge in [0.25, 0.3) is 0 Å². The molecule has 0 aromatic rings. The fourth-order valence-corrected chi connectivity index (χ4v) is 2.78. The van der Waals surface area contributed by atoms with Gasteiger partial charge in [0.05, 0.1) is 7.11 Å². The average Bonchev–Trinajstić information content (AvgIpc) is 2.62. The molecule has 88 valence electrons. The highest BCUT2D eigenvalue weighted by atomic mass is 16.5. The highest BCUT2D eigenvalue weighted by Gasteiger charge is 2.34. The van der Waals surface area contributed by atoms with Crippen molar-refractivity contribution in [2.45, 2.75) is 46.0 Å². The highest BCUT2D eigenvalue weighted by Crippen LogP contribution is 2.42. The summed E-state index contributed by atoms with van der Waals surface area (Å²) in [7, 11) is 1.42. The van der Waals surface area contributed by atoms with E-state index >= 15 is 0 Å². The molecule has 1 N–H and O–H groups in total. The Bertz CT molecular complexity index is 208. The van der Waals surface area contributed by atoms with Crippen molar-refractivity contribution in [3.63, 3.8) is 0 Å². The molecule has 0 saturated heterocycles. The predicted molar refractivity (Wildman–Crippen MR) is 60.8 cm³/mol. The topological polar surface area (TPSA) is 38.3 Å². The third kappa shape index (κ3) is 3.73. The Kier molecular flexibility index (Phi) is 4.43. The molecule has 0 bridgehead atoms. The molecule has 1 rings (SSSR count). The first kappa shape index (κ1) is 12.3. The lowest BCUT2D eigenvalue weighted by atomic mass is 9.78. The van der Waals surface area contributed by atoms with Gasteiger partial charge in [0.1, 0.15) is 0 Å². The Morgan fingerprint density at radius 2 is 2.00 bits per heavy atom. The van der Waals surface area contributed by atoms with E-state index < -0.39 is 0 Å². The van der Waals surface area contributed by atoms with Crippen molar-refractivity contribution in [2.75, 3.05) is 13.7 Å². The van der Waals surface area contributed by atoms with Gasteiger partial charge in [-0.2, -0.15) is 0 Å². The number of ether oxygens (including phenoxy) is 1. The van der Waals surface area contributed by atoms with E-state index in [1.165, 1.54) is 39.2 Å². The third-order valence-electron chi connectivity index (χ3n) is 3.30. The minimum atomic E-state index is -0.301. The molecule has 0 aromatic heterocycles. The minimum absolute atomic E-state index is 0.301. The number of hydrogen-bond acceptors (Lipinski definition) is 2. The number of carbonyl (C=O) groups is 1. The Morgan fingerprint density at radius 3 is 2.47 bits per heavy atom. The zero-order chi connectivity index (χ0) is 11.3. The molecule has 1 aliphatic carbocycles. The van der Waals surface area contributed by atoms with Crippen LogP contribution in [-0.2, 0) is 4.74 Å². The molecular formula is C12H23NO2. The molecule has 0 aliphatic heterocycles. The van der Waals surface area contributed by atoms with Crippen LogP contribution in [0.4, 0.5) is 4.79 Å². The van der Waals surface area contributed by atoms with Gasteiger partial charge in [-0.05, 0) is 30.6 Å². The number of alkyl carbamates (subject to hydrolysis) is 1. The molecule has 0 atom stereocenters. The van der Waals surface area contributed by atoms with Crippen LogP contribution in [-0.4, -0.2) is 19.7 Å². The Balaban J connectivity index is 2.46. The second-order valence-corrected chi connectivity index (χ2v) is 5.15. The number of nitrogens with one attached hydrogen (secondary N) is 1. The van der Waals surface area contributed by atoms with Crippen LogP contribution in [0.1, 0.15) is 46.0 Å². The maximum atomic E-state index is 11.1. The van der Waals surface area contributed by atoms with Gasteiger partial charge < -0.3 is 10.1 Å². The first-order valence-electron chi connectivity index (χ1n) is 5.90. The van der Waals surface area contributed by atoms with Crippen LogP contribution >= 0.6 is 0 Å². The van der Waals surface area contributed by atoms with E-state index in [4.69, 9.17) is 0 Å². The lowest BCUT2D eigenvalue weighted by Crippen LogP contribution is -2.36. The molecule has 0 spiro atoms. The van der Waals surface area contributed by atoms with Crippen LogP contribution < -0.4 is 5.32 Å². The lowest BCUT2D eigenvalue weighted by Gasteiger charge is -2.30. The molecule has 15 heavy (non-hydrogen) atoms. The number of carbonyl (C=O) groups excluding carboxylic acids is 1. The molecular weight excluding hydrogens is 190 g/mol. The summed E-state index contributed by atoms with van der Waals surface area (Å²) in [6.07, 6.45) is 6.00. The second-order valence-electron chi connectivity index (χ2n) is 5.15. The summed E-state index contributed by atoms with van der Waals surface area (Å²) in [6.45, 7) is 5.27. The Morgan fingerprint density at radius 1 is 1.40 bits per heavy atom. The van der Waals surface area contributed by atoms with Crippen molar-refractivity contribution < 1.29 is 9.53 Å². The fraction of sp³-hybridized carbons (Fsp3) is 0.917. The third-order valence-corrected chi connectivity index (χ3v) is 3.30. The van der Waals surface area contributed by atoms with E-state index in [0.717, 1.165) is 6.54 Å². The molecule has 1 fully saturated rings. The molecule has 1 saturated carbocycles. The maximum Gasteiger partial charge on any atom is 0.406 e. The van der Waals surface area contributed by atoms with Crippen LogP contribution in [0.15, 0.2) is 0 Å². The quantitative estimate of drug-likeness (QED) is 0.779. The highest BCUT2D eigenvalue weighted by molar-refractivity contribution is 5.66. The van der Waals surface area contributed by atoms with Gasteiger partial charge in [-0.3, -0.25) is 0 Å². The summed E-state index contributed by atoms with van der Waals surface area (Å²) in [5.74, 6) is 0.697. The normalized spacial score (nSPS) is 19.2. The van der Waals surface area contributed by atoms with Crippen LogP contribution in [0.3, 0.4) is 0 Å². The van der Waals surface area contributed by atoms with Gasteiger partial charge in [0.2, 0.25) is 0 Å². The minimum Gasteiger partial charge on any atom is -0.453 e. The summed E-state index contributed by atoms with van der Waals surface area (Å²) >= 11 is 0. The van der Waals surface area contributed by atoms with Gasteiger partial charge in [0, 0.05) is 6.54 Å². The Labute approximate surface area is 92.6 Å². The van der Waals surface area contributed by atoms with E-state index in [0.29, 0.717) is 11.3 Å². The predicted octanol–water partition coefficient (Wildman–Crippen LogP) is 2.95. The molecule has 1 amide bonds. The van der Waals surface area contributed by atoms with Crippen LogP contribution in [0.2, 0.25) is 0 Å². The van der Waals surface area contributed by atoms with Crippen LogP contribution in [0, 0.1) is 11.3 Å². The molecule has 3 heteroatoms. The molecule has 0 heterocycles. The summed E-state index contributed by atoms with van der Waals surface area (Å²) in [4.78, 5) is 11.1. The summed E-state index contributed by atoms with van der Waals surface area (Å²) < 4.78 is 4.61. The van der Waals surface area contributed by atoms with Gasteiger partial charge in [-0.25, -0.2) is 4.79 Å². The van der Waals surface area contributed by atoms with Crippen molar-refractivity contribution >= 4 is 6.09 Å². The van der Waals surface area contributed by atoms with E-state index in [9.17, 15) is 4.79 Å². The molecule has 0 radical (unpaired) electrons. The van der Waals surface area contributed by atoms with Gasteiger partial charge >= 0.3 is 6.09 Å². The van der Waals surface area contributed by atoms with Crippen LogP contribution in [0.25, 0.3) is 0 Å². The van der Waals surface area contributed by atoms with Crippen molar-refractivity contribution in [3.05, 3.63) is 0 Å². The van der Waals surface area contributed by atoms with E-state index in [1.807, 2.05) is 0 Å². The van der Waals surface area contributed by atoms with Crippen molar-refractivity contribution in [1.29, 1.82) is 0 Å². The first-order valence-corrected chi connectivity index (χ1v) is 5.90. The first-order chi connectivity index (χ1) is 7.08. The maximum absolute atomic E-state index is 11.1. The number of rotatable bonds is 4. The van der Waals surface area contributed by atoms with E-state index in [2.05, 4.69) is 23.9 Å². The summed E-state index contributed by atoms with van der Waals surface area (Å²) in [6, 6.07) is 0. The zero-order valence-corrected chi connectivity index (χ0v) is 10.1. The standard InChI is InChI=1S/C12H23NO2/c1-10(2)8-12(6-4-5-7-12)9-13-11(14)15-3/h10H,4-9H2,1-3H3,(H,13,14). The zero-order valence-electron chi connectivity index (χ0n) is 10.1. The monoisotopic (exact) mass is 213 g/mol. The number of methoxy groups -OCH3 is 1. The molecule has 1 aliphatic rings. The van der Waals surface area contributed by atoms with Gasteiger partial charge in [-0.1, -0.05) is 26.7 Å². The number of amides is 1. The van der Waals surface area contributed by atoms with E-state index in [-0.39, 0.29) is 6.09 Å². The fourth-order valence-electron chi connectivity index (χ4n) is 2.78. The van der Waals surface area contributed by atoms with Crippen molar-refractivity contribution in [3.8, 4) is 0 Å². The van der Waals surface area contributed by atoms with Crippen molar-refractivity contribution in [1.82, 2.24) is 5.32 Å². The molecule has 0 unspecified atom stereocenters. The Hall–Kier alpha value is -0.730. The molecule has 0 aromatic carbocycles. The smallest absolute Gasteiger partial charge is 0.406 e. The largest absolute Gasteiger partial charge is 0.453 e. The lowest BCUT2D eigenvalue weighted by molar-refractivity contribution is 0.157. The van der Waals surface area contributed by atoms with Crippen LogP contribution in [0.5, 0.6) is 0 Å². The molecule has 3 nitrogen and oxygen atoms in total. The van der Waals surface area contributed by atoms with E-state index in [1.54, 1.807) is 0 Å². The van der Waals surface area contributed by atoms with Gasteiger partial charge in [-0.15, -0.1) is 0 Å². The second kappa shape index (κ2) is 5.38. The summed E-state index contributed by atoms with van der Waals surface area (Å²) in [5, 5.41) is 2.86. The van der Waals surface area contributed by atoms with Gasteiger partial charge in [0.15, 0.2) is 0 Å². The van der Waals surface area contributed by atoms with Crippen molar-refractivity contribution in [2.24, 2.45) is 11.3 Å². The average molecular weight is 213 g/mol.